The maximum atomic E-state index is 8.71. The molecule has 0 aliphatic carbocycles. The molecule has 0 aliphatic heterocycles. The van der Waals surface area contributed by atoms with Crippen LogP contribution < -0.4 is 5.32 Å². The van der Waals surface area contributed by atoms with Crippen molar-refractivity contribution >= 4 is 17.3 Å². The third-order valence-corrected chi connectivity index (χ3v) is 4.04. The normalized spacial score (nSPS) is 9.52. The number of nitriles is 2. The van der Waals surface area contributed by atoms with Crippen molar-refractivity contribution in [2.24, 2.45) is 0 Å². The summed E-state index contributed by atoms with van der Waals surface area (Å²) in [4.78, 5) is 0. The maximum Gasteiger partial charge on any atom is 0.247 e. The second kappa shape index (κ2) is 9.93. The molecule has 0 saturated carbocycles. The van der Waals surface area contributed by atoms with Crippen molar-refractivity contribution in [2.45, 2.75) is 6.92 Å². The highest BCUT2D eigenvalue weighted by molar-refractivity contribution is 6.32. The topological polar surface area (TPSA) is 119 Å². The first-order valence-corrected chi connectivity index (χ1v) is 8.29. The first-order valence-electron chi connectivity index (χ1n) is 7.91. The molecule has 8 heteroatoms. The van der Waals surface area contributed by atoms with Gasteiger partial charge in [-0.1, -0.05) is 11.6 Å². The van der Waals surface area contributed by atoms with E-state index in [9.17, 15) is 0 Å². The smallest absolute Gasteiger partial charge is 0.247 e. The SMILES string of the molecule is Cc1c(NCCO)ccc(C#N)c1Cl.N#Cc1ccc(-c2nnco2)cc1. The van der Waals surface area contributed by atoms with E-state index in [-0.39, 0.29) is 6.61 Å². The van der Waals surface area contributed by atoms with Gasteiger partial charge in [0.15, 0.2) is 0 Å². The van der Waals surface area contributed by atoms with E-state index in [1.165, 1.54) is 6.39 Å². The van der Waals surface area contributed by atoms with E-state index in [2.05, 4.69) is 15.5 Å². The molecule has 1 aromatic heterocycles. The van der Waals surface area contributed by atoms with Crippen LogP contribution in [0.25, 0.3) is 11.5 Å². The molecule has 0 bridgehead atoms. The van der Waals surface area contributed by atoms with Gasteiger partial charge in [0.25, 0.3) is 0 Å². The summed E-state index contributed by atoms with van der Waals surface area (Å²) in [5.74, 6) is 0.462. The van der Waals surface area contributed by atoms with Crippen molar-refractivity contribution in [3.05, 3.63) is 64.5 Å². The van der Waals surface area contributed by atoms with Crippen molar-refractivity contribution in [3.63, 3.8) is 0 Å². The molecule has 0 spiro atoms. The third kappa shape index (κ3) is 5.29. The van der Waals surface area contributed by atoms with E-state index in [0.717, 1.165) is 16.8 Å². The molecule has 0 atom stereocenters. The predicted octanol–water partition coefficient (Wildman–Crippen LogP) is 3.53. The summed E-state index contributed by atoms with van der Waals surface area (Å²) >= 11 is 5.95. The number of aromatic nitrogens is 2. The maximum absolute atomic E-state index is 8.71. The van der Waals surface area contributed by atoms with Gasteiger partial charge < -0.3 is 14.8 Å². The second-order valence-corrected chi connectivity index (χ2v) is 5.67. The molecule has 2 aromatic carbocycles. The summed E-state index contributed by atoms with van der Waals surface area (Å²) in [7, 11) is 0. The highest BCUT2D eigenvalue weighted by Crippen LogP contribution is 2.26. The number of anilines is 1. The Bertz CT molecular complexity index is 958. The van der Waals surface area contributed by atoms with Crippen LogP contribution in [-0.2, 0) is 0 Å². The summed E-state index contributed by atoms with van der Waals surface area (Å²) in [6.07, 6.45) is 1.27. The lowest BCUT2D eigenvalue weighted by molar-refractivity contribution is 0.311. The summed E-state index contributed by atoms with van der Waals surface area (Å²) in [6.45, 7) is 2.38. The van der Waals surface area contributed by atoms with Crippen LogP contribution in [0.2, 0.25) is 5.02 Å². The molecule has 7 nitrogen and oxygen atoms in total. The zero-order chi connectivity index (χ0) is 19.6. The van der Waals surface area contributed by atoms with E-state index < -0.39 is 0 Å². The van der Waals surface area contributed by atoms with Gasteiger partial charge in [0, 0.05) is 17.8 Å². The number of halogens is 1. The van der Waals surface area contributed by atoms with Crippen LogP contribution in [0, 0.1) is 29.6 Å². The highest BCUT2D eigenvalue weighted by atomic mass is 35.5. The van der Waals surface area contributed by atoms with Crippen LogP contribution in [0.3, 0.4) is 0 Å². The Morgan fingerprint density at radius 1 is 1.15 bits per heavy atom. The lowest BCUT2D eigenvalue weighted by Gasteiger charge is -2.10. The number of hydrogen-bond donors (Lipinski definition) is 2. The molecular weight excluding hydrogens is 366 g/mol. The Morgan fingerprint density at radius 2 is 1.89 bits per heavy atom. The van der Waals surface area contributed by atoms with Gasteiger partial charge in [-0.05, 0) is 48.9 Å². The molecule has 0 radical (unpaired) electrons. The van der Waals surface area contributed by atoms with Gasteiger partial charge in [-0.15, -0.1) is 10.2 Å². The Labute approximate surface area is 161 Å². The third-order valence-electron chi connectivity index (χ3n) is 3.56. The lowest BCUT2D eigenvalue weighted by atomic mass is 10.1. The minimum absolute atomic E-state index is 0.0665. The van der Waals surface area contributed by atoms with Gasteiger partial charge in [0.1, 0.15) is 6.07 Å². The number of aliphatic hydroxyl groups is 1. The molecule has 3 aromatic rings. The van der Waals surface area contributed by atoms with Gasteiger partial charge in [0.05, 0.1) is 28.8 Å². The van der Waals surface area contributed by atoms with Crippen molar-refractivity contribution < 1.29 is 9.52 Å². The first kappa shape index (κ1) is 19.9. The molecule has 2 N–H and O–H groups in total. The van der Waals surface area contributed by atoms with Crippen molar-refractivity contribution in [1.29, 1.82) is 10.5 Å². The average molecular weight is 382 g/mol. The Kier molecular flexibility index (Phi) is 7.33. The number of benzene rings is 2. The Hall–Kier alpha value is -3.39. The second-order valence-electron chi connectivity index (χ2n) is 5.29. The number of nitrogens with one attached hydrogen (secondary N) is 1. The fraction of sp³-hybridized carbons (Fsp3) is 0.158. The standard InChI is InChI=1S/C10H11ClN2O.C9H5N3O/c1-7-9(13-4-5-14)3-2-8(6-12)10(7)11;10-5-7-1-3-8(4-2-7)9-12-11-6-13-9/h2-3,13-14H,4-5H2,1H3;1-4,6H. The molecule has 27 heavy (non-hydrogen) atoms. The largest absolute Gasteiger partial charge is 0.423 e. The van der Waals surface area contributed by atoms with Crippen LogP contribution in [0.15, 0.2) is 47.2 Å². The van der Waals surface area contributed by atoms with Crippen LogP contribution in [0.5, 0.6) is 0 Å². The van der Waals surface area contributed by atoms with Gasteiger partial charge in [-0.3, -0.25) is 0 Å². The number of aliphatic hydroxyl groups excluding tert-OH is 1. The minimum atomic E-state index is 0.0665. The lowest BCUT2D eigenvalue weighted by Crippen LogP contribution is -2.06. The molecule has 0 amide bonds. The number of nitrogens with zero attached hydrogens (tertiary/aromatic N) is 4. The number of rotatable bonds is 4. The van der Waals surface area contributed by atoms with Gasteiger partial charge >= 0.3 is 0 Å². The summed E-state index contributed by atoms with van der Waals surface area (Å²) in [5, 5.41) is 36.7. The molecular formula is C19H16ClN5O2. The Balaban J connectivity index is 0.000000194. The highest BCUT2D eigenvalue weighted by Gasteiger charge is 2.06. The first-order chi connectivity index (χ1) is 13.1. The van der Waals surface area contributed by atoms with E-state index in [0.29, 0.717) is 28.6 Å². The van der Waals surface area contributed by atoms with Crippen LogP contribution in [0.1, 0.15) is 16.7 Å². The molecule has 3 rings (SSSR count). The average Bonchev–Trinajstić information content (AvgIpc) is 3.25. The molecule has 0 saturated heterocycles. The van der Waals surface area contributed by atoms with Crippen LogP contribution in [-0.4, -0.2) is 28.5 Å². The molecule has 0 aliphatic rings. The van der Waals surface area contributed by atoms with E-state index in [1.54, 1.807) is 36.4 Å². The molecule has 136 valence electrons. The van der Waals surface area contributed by atoms with E-state index in [1.807, 2.05) is 19.1 Å². The predicted molar refractivity (Wildman–Crippen MR) is 101 cm³/mol. The zero-order valence-corrected chi connectivity index (χ0v) is 15.2. The van der Waals surface area contributed by atoms with E-state index >= 15 is 0 Å². The van der Waals surface area contributed by atoms with Gasteiger partial charge in [-0.25, -0.2) is 0 Å². The molecule has 0 fully saturated rings. The summed E-state index contributed by atoms with van der Waals surface area (Å²) in [6, 6.07) is 14.4. The van der Waals surface area contributed by atoms with Crippen molar-refractivity contribution in [3.8, 4) is 23.6 Å². The fourth-order valence-electron chi connectivity index (χ4n) is 2.14. The quantitative estimate of drug-likeness (QED) is 0.709. The minimum Gasteiger partial charge on any atom is -0.423 e. The van der Waals surface area contributed by atoms with E-state index in [4.69, 9.17) is 31.6 Å². The van der Waals surface area contributed by atoms with Gasteiger partial charge in [-0.2, -0.15) is 10.5 Å². The summed E-state index contributed by atoms with van der Waals surface area (Å²) < 4.78 is 4.99. The number of hydrogen-bond acceptors (Lipinski definition) is 7. The summed E-state index contributed by atoms with van der Waals surface area (Å²) in [5.41, 5.74) is 3.58. The molecule has 1 heterocycles. The molecule has 0 unspecified atom stereocenters. The Morgan fingerprint density at radius 3 is 2.44 bits per heavy atom. The zero-order valence-electron chi connectivity index (χ0n) is 14.5. The van der Waals surface area contributed by atoms with Crippen LogP contribution in [0.4, 0.5) is 5.69 Å². The monoisotopic (exact) mass is 381 g/mol. The van der Waals surface area contributed by atoms with Crippen molar-refractivity contribution in [2.75, 3.05) is 18.5 Å². The van der Waals surface area contributed by atoms with Crippen LogP contribution >= 0.6 is 11.6 Å². The van der Waals surface area contributed by atoms with Gasteiger partial charge in [0.2, 0.25) is 12.3 Å². The fourth-order valence-corrected chi connectivity index (χ4v) is 2.35. The van der Waals surface area contributed by atoms with Crippen molar-refractivity contribution in [1.82, 2.24) is 10.2 Å².